The molecule has 0 unspecified atom stereocenters. The molecular formula is C17H20N2O2. The number of nitrogen functional groups attached to an aromatic ring is 1. The summed E-state index contributed by atoms with van der Waals surface area (Å²) in [6, 6.07) is 13.0. The van der Waals surface area contributed by atoms with E-state index in [0.29, 0.717) is 24.4 Å². The second-order valence-corrected chi connectivity index (χ2v) is 4.83. The Morgan fingerprint density at radius 2 is 2.05 bits per heavy atom. The molecule has 0 aliphatic rings. The lowest BCUT2D eigenvalue weighted by molar-refractivity contribution is 0.0951. The maximum absolute atomic E-state index is 12.1. The van der Waals surface area contributed by atoms with Crippen LogP contribution in [-0.2, 0) is 6.54 Å². The van der Waals surface area contributed by atoms with Crippen LogP contribution in [0.25, 0.3) is 0 Å². The molecule has 2 aromatic rings. The topological polar surface area (TPSA) is 64.3 Å². The summed E-state index contributed by atoms with van der Waals surface area (Å²) >= 11 is 0. The number of carbonyl (C=O) groups is 1. The highest BCUT2D eigenvalue weighted by atomic mass is 16.5. The van der Waals surface area contributed by atoms with Gasteiger partial charge in [0.25, 0.3) is 5.91 Å². The van der Waals surface area contributed by atoms with Crippen LogP contribution in [0.5, 0.6) is 5.75 Å². The fourth-order valence-electron chi connectivity index (χ4n) is 2.01. The van der Waals surface area contributed by atoms with Gasteiger partial charge in [-0.2, -0.15) is 0 Å². The van der Waals surface area contributed by atoms with Crippen LogP contribution in [0, 0.1) is 6.92 Å². The van der Waals surface area contributed by atoms with Gasteiger partial charge in [0.2, 0.25) is 0 Å². The third kappa shape index (κ3) is 3.99. The van der Waals surface area contributed by atoms with Gasteiger partial charge in [0, 0.05) is 17.8 Å². The number of ether oxygens (including phenoxy) is 1. The van der Waals surface area contributed by atoms with E-state index in [2.05, 4.69) is 5.32 Å². The van der Waals surface area contributed by atoms with Crippen molar-refractivity contribution in [2.45, 2.75) is 20.4 Å². The standard InChI is InChI=1S/C17H20N2O2/c1-3-21-15-6-4-5-13(10-15)11-19-17(20)14-7-8-16(18)12(2)9-14/h4-10H,3,11,18H2,1-2H3,(H,19,20). The highest BCUT2D eigenvalue weighted by Crippen LogP contribution is 2.14. The summed E-state index contributed by atoms with van der Waals surface area (Å²) in [5.74, 6) is 0.701. The zero-order valence-electron chi connectivity index (χ0n) is 12.3. The van der Waals surface area contributed by atoms with Gasteiger partial charge in [-0.05, 0) is 55.3 Å². The lowest BCUT2D eigenvalue weighted by Gasteiger charge is -2.09. The molecule has 0 aliphatic carbocycles. The van der Waals surface area contributed by atoms with Crippen LogP contribution < -0.4 is 15.8 Å². The van der Waals surface area contributed by atoms with Crippen molar-refractivity contribution >= 4 is 11.6 Å². The first-order chi connectivity index (χ1) is 10.1. The summed E-state index contributed by atoms with van der Waals surface area (Å²) in [6.07, 6.45) is 0. The second-order valence-electron chi connectivity index (χ2n) is 4.83. The monoisotopic (exact) mass is 284 g/mol. The van der Waals surface area contributed by atoms with Gasteiger partial charge in [-0.15, -0.1) is 0 Å². The third-order valence-electron chi connectivity index (χ3n) is 3.19. The highest BCUT2D eigenvalue weighted by Gasteiger charge is 2.07. The van der Waals surface area contributed by atoms with Gasteiger partial charge in [0.15, 0.2) is 0 Å². The van der Waals surface area contributed by atoms with Crippen LogP contribution in [0.4, 0.5) is 5.69 Å². The number of rotatable bonds is 5. The van der Waals surface area contributed by atoms with E-state index >= 15 is 0 Å². The van der Waals surface area contributed by atoms with Gasteiger partial charge in [0.1, 0.15) is 5.75 Å². The summed E-state index contributed by atoms with van der Waals surface area (Å²) < 4.78 is 5.44. The van der Waals surface area contributed by atoms with Crippen molar-refractivity contribution in [2.75, 3.05) is 12.3 Å². The lowest BCUT2D eigenvalue weighted by atomic mass is 10.1. The molecular weight excluding hydrogens is 264 g/mol. The molecule has 110 valence electrons. The van der Waals surface area contributed by atoms with Gasteiger partial charge in [0.05, 0.1) is 6.61 Å². The molecule has 0 saturated carbocycles. The molecule has 2 rings (SSSR count). The molecule has 0 aromatic heterocycles. The smallest absolute Gasteiger partial charge is 0.251 e. The molecule has 2 aromatic carbocycles. The maximum atomic E-state index is 12.1. The average Bonchev–Trinajstić information content (AvgIpc) is 2.48. The number of aryl methyl sites for hydroxylation is 1. The van der Waals surface area contributed by atoms with Crippen LogP contribution >= 0.6 is 0 Å². The number of hydrogen-bond acceptors (Lipinski definition) is 3. The van der Waals surface area contributed by atoms with Crippen LogP contribution in [0.3, 0.4) is 0 Å². The fourth-order valence-corrected chi connectivity index (χ4v) is 2.01. The summed E-state index contributed by atoms with van der Waals surface area (Å²) in [6.45, 7) is 4.92. The summed E-state index contributed by atoms with van der Waals surface area (Å²) in [7, 11) is 0. The highest BCUT2D eigenvalue weighted by molar-refractivity contribution is 5.94. The first kappa shape index (κ1) is 14.9. The molecule has 0 spiro atoms. The summed E-state index contributed by atoms with van der Waals surface area (Å²) in [4.78, 5) is 12.1. The van der Waals surface area contributed by atoms with Crippen molar-refractivity contribution in [1.82, 2.24) is 5.32 Å². The molecule has 0 aliphatic heterocycles. The molecule has 0 heterocycles. The van der Waals surface area contributed by atoms with Crippen LogP contribution in [-0.4, -0.2) is 12.5 Å². The molecule has 1 amide bonds. The van der Waals surface area contributed by atoms with E-state index in [1.807, 2.05) is 38.1 Å². The minimum atomic E-state index is -0.111. The van der Waals surface area contributed by atoms with Crippen LogP contribution in [0.1, 0.15) is 28.4 Å². The molecule has 0 saturated heterocycles. The van der Waals surface area contributed by atoms with E-state index in [9.17, 15) is 4.79 Å². The van der Waals surface area contributed by atoms with E-state index in [1.165, 1.54) is 0 Å². The molecule has 21 heavy (non-hydrogen) atoms. The molecule has 4 nitrogen and oxygen atoms in total. The largest absolute Gasteiger partial charge is 0.494 e. The Labute approximate surface area is 124 Å². The first-order valence-electron chi connectivity index (χ1n) is 6.96. The van der Waals surface area contributed by atoms with Crippen LogP contribution in [0.2, 0.25) is 0 Å². The van der Waals surface area contributed by atoms with Gasteiger partial charge in [-0.1, -0.05) is 12.1 Å². The van der Waals surface area contributed by atoms with Gasteiger partial charge in [-0.25, -0.2) is 0 Å². The van der Waals surface area contributed by atoms with Gasteiger partial charge < -0.3 is 15.8 Å². The van der Waals surface area contributed by atoms with Crippen molar-refractivity contribution in [3.05, 3.63) is 59.2 Å². The number of carbonyl (C=O) groups excluding carboxylic acids is 1. The van der Waals surface area contributed by atoms with Crippen molar-refractivity contribution < 1.29 is 9.53 Å². The van der Waals surface area contributed by atoms with E-state index in [1.54, 1.807) is 18.2 Å². The number of hydrogen-bond donors (Lipinski definition) is 2. The molecule has 0 radical (unpaired) electrons. The van der Waals surface area contributed by atoms with E-state index in [-0.39, 0.29) is 5.91 Å². The van der Waals surface area contributed by atoms with Gasteiger partial charge in [-0.3, -0.25) is 4.79 Å². The number of nitrogens with two attached hydrogens (primary N) is 1. The Hall–Kier alpha value is -2.49. The Balaban J connectivity index is 2.00. The number of benzene rings is 2. The van der Waals surface area contributed by atoms with E-state index in [0.717, 1.165) is 16.9 Å². The Kier molecular flexibility index (Phi) is 4.82. The lowest BCUT2D eigenvalue weighted by Crippen LogP contribution is -2.22. The summed E-state index contributed by atoms with van der Waals surface area (Å²) in [5.41, 5.74) is 8.96. The quantitative estimate of drug-likeness (QED) is 0.830. The molecule has 0 bridgehead atoms. The minimum Gasteiger partial charge on any atom is -0.494 e. The Morgan fingerprint density at radius 3 is 2.76 bits per heavy atom. The van der Waals surface area contributed by atoms with Crippen molar-refractivity contribution in [2.24, 2.45) is 0 Å². The van der Waals surface area contributed by atoms with Crippen molar-refractivity contribution in [3.8, 4) is 5.75 Å². The number of anilines is 1. The van der Waals surface area contributed by atoms with E-state index < -0.39 is 0 Å². The predicted octanol–water partition coefficient (Wildman–Crippen LogP) is 2.91. The van der Waals surface area contributed by atoms with Crippen molar-refractivity contribution in [3.63, 3.8) is 0 Å². The average molecular weight is 284 g/mol. The maximum Gasteiger partial charge on any atom is 0.251 e. The SMILES string of the molecule is CCOc1cccc(CNC(=O)c2ccc(N)c(C)c2)c1. The number of nitrogens with one attached hydrogen (secondary N) is 1. The second kappa shape index (κ2) is 6.79. The first-order valence-corrected chi connectivity index (χ1v) is 6.96. The molecule has 0 atom stereocenters. The minimum absolute atomic E-state index is 0.111. The third-order valence-corrected chi connectivity index (χ3v) is 3.19. The summed E-state index contributed by atoms with van der Waals surface area (Å²) in [5, 5.41) is 2.90. The fraction of sp³-hybridized carbons (Fsp3) is 0.235. The molecule has 3 N–H and O–H groups in total. The van der Waals surface area contributed by atoms with Gasteiger partial charge >= 0.3 is 0 Å². The number of amides is 1. The molecule has 0 fully saturated rings. The Morgan fingerprint density at radius 1 is 1.24 bits per heavy atom. The van der Waals surface area contributed by atoms with Crippen molar-refractivity contribution in [1.29, 1.82) is 0 Å². The predicted molar refractivity (Wildman–Crippen MR) is 84.4 cm³/mol. The normalized spacial score (nSPS) is 10.2. The van der Waals surface area contributed by atoms with E-state index in [4.69, 9.17) is 10.5 Å². The zero-order valence-corrected chi connectivity index (χ0v) is 12.3. The van der Waals surface area contributed by atoms with Crippen LogP contribution in [0.15, 0.2) is 42.5 Å². The molecule has 4 heteroatoms. The zero-order chi connectivity index (χ0) is 15.2. The Bertz CT molecular complexity index is 638.